The molecule has 0 bridgehead atoms. The Labute approximate surface area is 166 Å². The molecule has 1 saturated carbocycles. The Morgan fingerprint density at radius 1 is 1.07 bits per heavy atom. The van der Waals surface area contributed by atoms with E-state index in [1.165, 1.54) is 10.5 Å². The summed E-state index contributed by atoms with van der Waals surface area (Å²) in [6.07, 6.45) is 6.13. The lowest BCUT2D eigenvalue weighted by Gasteiger charge is -2.29. The number of hydrogen-bond acceptors (Lipinski definition) is 3. The predicted molar refractivity (Wildman–Crippen MR) is 106 cm³/mol. The highest BCUT2D eigenvalue weighted by molar-refractivity contribution is 6.09. The number of likely N-dealkylation sites (tertiary alicyclic amines) is 1. The SMILES string of the molecule is C[C@@H](C(=O)N1CCC[C@@H](c2ccccc2)CC1)N1C(=O)NC2(CCCC2)C1=O. The number of benzene rings is 1. The van der Waals surface area contributed by atoms with Crippen LogP contribution in [0.3, 0.4) is 0 Å². The van der Waals surface area contributed by atoms with Gasteiger partial charge in [-0.25, -0.2) is 9.69 Å². The second-order valence-electron chi connectivity index (χ2n) is 8.43. The van der Waals surface area contributed by atoms with Crippen LogP contribution in [-0.2, 0) is 9.59 Å². The summed E-state index contributed by atoms with van der Waals surface area (Å²) in [7, 11) is 0. The third-order valence-corrected chi connectivity index (χ3v) is 6.71. The molecule has 1 N–H and O–H groups in total. The van der Waals surface area contributed by atoms with Crippen molar-refractivity contribution in [2.24, 2.45) is 0 Å². The zero-order valence-corrected chi connectivity index (χ0v) is 16.5. The van der Waals surface area contributed by atoms with Crippen LogP contribution in [0, 0.1) is 0 Å². The molecule has 1 aromatic carbocycles. The second-order valence-corrected chi connectivity index (χ2v) is 8.43. The molecule has 4 rings (SSSR count). The molecule has 28 heavy (non-hydrogen) atoms. The van der Waals surface area contributed by atoms with Crippen LogP contribution in [0.1, 0.15) is 63.4 Å². The number of rotatable bonds is 3. The van der Waals surface area contributed by atoms with E-state index >= 15 is 0 Å². The summed E-state index contributed by atoms with van der Waals surface area (Å²) >= 11 is 0. The summed E-state index contributed by atoms with van der Waals surface area (Å²) in [5, 5.41) is 2.88. The molecular weight excluding hydrogens is 354 g/mol. The van der Waals surface area contributed by atoms with Gasteiger partial charge in [-0.1, -0.05) is 43.2 Å². The van der Waals surface area contributed by atoms with Crippen molar-refractivity contribution < 1.29 is 14.4 Å². The molecule has 2 heterocycles. The molecule has 2 saturated heterocycles. The maximum atomic E-state index is 13.1. The van der Waals surface area contributed by atoms with E-state index in [4.69, 9.17) is 0 Å². The Balaban J connectivity index is 1.43. The van der Waals surface area contributed by atoms with Gasteiger partial charge in [-0.2, -0.15) is 0 Å². The number of amides is 4. The number of carbonyl (C=O) groups is 3. The highest BCUT2D eigenvalue weighted by atomic mass is 16.2. The van der Waals surface area contributed by atoms with Crippen LogP contribution in [0.4, 0.5) is 4.79 Å². The van der Waals surface area contributed by atoms with E-state index in [1.807, 2.05) is 11.0 Å². The monoisotopic (exact) mass is 383 g/mol. The Hall–Kier alpha value is -2.37. The molecule has 3 aliphatic rings. The second kappa shape index (κ2) is 7.57. The van der Waals surface area contributed by atoms with Crippen LogP contribution in [-0.4, -0.2) is 52.3 Å². The molecule has 3 fully saturated rings. The third kappa shape index (κ3) is 3.29. The van der Waals surface area contributed by atoms with Crippen LogP contribution >= 0.6 is 0 Å². The Kier molecular flexibility index (Phi) is 5.13. The lowest BCUT2D eigenvalue weighted by Crippen LogP contribution is -2.51. The van der Waals surface area contributed by atoms with Crippen molar-refractivity contribution >= 4 is 17.8 Å². The molecule has 1 aliphatic carbocycles. The van der Waals surface area contributed by atoms with Gasteiger partial charge in [0.25, 0.3) is 5.91 Å². The smallest absolute Gasteiger partial charge is 0.325 e. The molecule has 6 heteroatoms. The molecule has 0 radical (unpaired) electrons. The maximum absolute atomic E-state index is 13.1. The zero-order valence-electron chi connectivity index (χ0n) is 16.5. The first kappa shape index (κ1) is 19.0. The summed E-state index contributed by atoms with van der Waals surface area (Å²) in [5.74, 6) is 0.118. The predicted octanol–water partition coefficient (Wildman–Crippen LogP) is 3.04. The quantitative estimate of drug-likeness (QED) is 0.816. The van der Waals surface area contributed by atoms with Gasteiger partial charge in [0.15, 0.2) is 0 Å². The maximum Gasteiger partial charge on any atom is 0.325 e. The molecule has 0 aromatic heterocycles. The topological polar surface area (TPSA) is 69.7 Å². The van der Waals surface area contributed by atoms with Crippen molar-refractivity contribution in [1.82, 2.24) is 15.1 Å². The van der Waals surface area contributed by atoms with Gasteiger partial charge in [0.1, 0.15) is 11.6 Å². The van der Waals surface area contributed by atoms with Crippen molar-refractivity contribution in [1.29, 1.82) is 0 Å². The van der Waals surface area contributed by atoms with Gasteiger partial charge in [-0.05, 0) is 50.5 Å². The lowest BCUT2D eigenvalue weighted by atomic mass is 9.92. The van der Waals surface area contributed by atoms with Gasteiger partial charge in [0.05, 0.1) is 0 Å². The standard InChI is InChI=1S/C22H29N3O3/c1-16(25-20(27)22(23-21(25)28)12-5-6-13-22)19(26)24-14-7-10-18(11-15-24)17-8-3-2-4-9-17/h2-4,8-9,16,18H,5-7,10-15H2,1H3,(H,23,28)/t16-,18+/m0/s1. The summed E-state index contributed by atoms with van der Waals surface area (Å²) in [5.41, 5.74) is 0.560. The lowest BCUT2D eigenvalue weighted by molar-refractivity contribution is -0.142. The summed E-state index contributed by atoms with van der Waals surface area (Å²) in [4.78, 5) is 41.6. The van der Waals surface area contributed by atoms with E-state index in [2.05, 4.69) is 29.6 Å². The largest absolute Gasteiger partial charge is 0.341 e. The number of hydrogen-bond donors (Lipinski definition) is 1. The fourth-order valence-corrected chi connectivity index (χ4v) is 5.06. The normalized spacial score (nSPS) is 25.7. The van der Waals surface area contributed by atoms with Crippen molar-refractivity contribution in [3.63, 3.8) is 0 Å². The van der Waals surface area contributed by atoms with Gasteiger partial charge in [-0.15, -0.1) is 0 Å². The third-order valence-electron chi connectivity index (χ3n) is 6.71. The van der Waals surface area contributed by atoms with Crippen LogP contribution in [0.15, 0.2) is 30.3 Å². The molecule has 4 amide bonds. The van der Waals surface area contributed by atoms with Gasteiger partial charge in [-0.3, -0.25) is 9.59 Å². The zero-order chi connectivity index (χ0) is 19.7. The minimum atomic E-state index is -0.761. The molecule has 1 spiro atoms. The number of urea groups is 1. The van der Waals surface area contributed by atoms with Gasteiger partial charge < -0.3 is 10.2 Å². The van der Waals surface area contributed by atoms with Crippen molar-refractivity contribution in [3.05, 3.63) is 35.9 Å². The Bertz CT molecular complexity index is 758. The molecule has 150 valence electrons. The van der Waals surface area contributed by atoms with Gasteiger partial charge >= 0.3 is 6.03 Å². The fraction of sp³-hybridized carbons (Fsp3) is 0.591. The Morgan fingerprint density at radius 2 is 1.79 bits per heavy atom. The van der Waals surface area contributed by atoms with Crippen LogP contribution < -0.4 is 5.32 Å². The van der Waals surface area contributed by atoms with Crippen LogP contribution in [0.2, 0.25) is 0 Å². The van der Waals surface area contributed by atoms with Gasteiger partial charge in [0.2, 0.25) is 5.91 Å². The molecule has 6 nitrogen and oxygen atoms in total. The highest BCUT2D eigenvalue weighted by Gasteiger charge is 2.54. The van der Waals surface area contributed by atoms with E-state index in [0.29, 0.717) is 31.8 Å². The van der Waals surface area contributed by atoms with E-state index in [1.54, 1.807) is 6.92 Å². The molecular formula is C22H29N3O3. The molecule has 0 unspecified atom stereocenters. The van der Waals surface area contributed by atoms with E-state index < -0.39 is 17.6 Å². The molecule has 1 aromatic rings. The number of carbonyl (C=O) groups excluding carboxylic acids is 3. The summed E-state index contributed by atoms with van der Waals surface area (Å²) < 4.78 is 0. The molecule has 2 atom stereocenters. The highest BCUT2D eigenvalue weighted by Crippen LogP contribution is 2.36. The van der Waals surface area contributed by atoms with E-state index in [-0.39, 0.29) is 11.8 Å². The van der Waals surface area contributed by atoms with Gasteiger partial charge in [0, 0.05) is 13.1 Å². The fourth-order valence-electron chi connectivity index (χ4n) is 5.06. The molecule has 2 aliphatic heterocycles. The number of nitrogens with zero attached hydrogens (tertiary/aromatic N) is 2. The minimum absolute atomic E-state index is 0.118. The summed E-state index contributed by atoms with van der Waals surface area (Å²) in [6.45, 7) is 3.03. The minimum Gasteiger partial charge on any atom is -0.341 e. The first-order valence-corrected chi connectivity index (χ1v) is 10.5. The first-order valence-electron chi connectivity index (χ1n) is 10.5. The van der Waals surface area contributed by atoms with Crippen molar-refractivity contribution in [3.8, 4) is 0 Å². The summed E-state index contributed by atoms with van der Waals surface area (Å²) in [6, 6.07) is 9.28. The van der Waals surface area contributed by atoms with Crippen molar-refractivity contribution in [2.75, 3.05) is 13.1 Å². The number of nitrogens with one attached hydrogen (secondary N) is 1. The van der Waals surface area contributed by atoms with Crippen molar-refractivity contribution in [2.45, 2.75) is 69.4 Å². The first-order chi connectivity index (χ1) is 13.5. The average Bonchev–Trinajstić information content (AvgIpc) is 3.16. The van der Waals surface area contributed by atoms with E-state index in [0.717, 1.165) is 32.1 Å². The number of imide groups is 1. The van der Waals surface area contributed by atoms with Crippen LogP contribution in [0.5, 0.6) is 0 Å². The Morgan fingerprint density at radius 3 is 2.50 bits per heavy atom. The average molecular weight is 383 g/mol. The van der Waals surface area contributed by atoms with Crippen LogP contribution in [0.25, 0.3) is 0 Å². The van der Waals surface area contributed by atoms with E-state index in [9.17, 15) is 14.4 Å².